The lowest BCUT2D eigenvalue weighted by molar-refractivity contribution is 0.0696. The van der Waals surface area contributed by atoms with Gasteiger partial charge in [-0.15, -0.1) is 0 Å². The van der Waals surface area contributed by atoms with Gasteiger partial charge in [0.25, 0.3) is 0 Å². The first-order valence-corrected chi connectivity index (χ1v) is 5.62. The van der Waals surface area contributed by atoms with Crippen LogP contribution in [0.2, 0.25) is 0 Å². The van der Waals surface area contributed by atoms with Gasteiger partial charge in [0, 0.05) is 11.2 Å². The van der Waals surface area contributed by atoms with Crippen molar-refractivity contribution >= 4 is 17.7 Å². The van der Waals surface area contributed by atoms with Crippen LogP contribution in [0, 0.1) is 6.92 Å². The number of carboxylic acid groups (broad SMARTS) is 1. The summed E-state index contributed by atoms with van der Waals surface area (Å²) in [4.78, 5) is 22.5. The van der Waals surface area contributed by atoms with Crippen molar-refractivity contribution in [3.8, 4) is 0 Å². The number of rotatable bonds is 2. The molecule has 0 aliphatic heterocycles. The summed E-state index contributed by atoms with van der Waals surface area (Å²) in [7, 11) is 0. The van der Waals surface area contributed by atoms with Crippen LogP contribution in [0.4, 0.5) is 10.5 Å². The fourth-order valence-corrected chi connectivity index (χ4v) is 1.48. The number of hydrogen-bond acceptors (Lipinski definition) is 2. The molecule has 0 spiro atoms. The van der Waals surface area contributed by atoms with Crippen LogP contribution in [-0.2, 0) is 0 Å². The van der Waals surface area contributed by atoms with Crippen molar-refractivity contribution in [3.63, 3.8) is 0 Å². The maximum atomic E-state index is 11.6. The van der Waals surface area contributed by atoms with Crippen LogP contribution in [-0.4, -0.2) is 22.6 Å². The Labute approximate surface area is 106 Å². The van der Waals surface area contributed by atoms with E-state index in [4.69, 9.17) is 5.11 Å². The highest BCUT2D eigenvalue weighted by atomic mass is 16.4. The van der Waals surface area contributed by atoms with Gasteiger partial charge in [0.1, 0.15) is 0 Å². The topological polar surface area (TPSA) is 78.4 Å². The van der Waals surface area contributed by atoms with Gasteiger partial charge in [-0.05, 0) is 51.5 Å². The number of aryl methyl sites for hydroxylation is 1. The number of benzene rings is 1. The molecule has 0 saturated heterocycles. The van der Waals surface area contributed by atoms with E-state index in [9.17, 15) is 9.59 Å². The lowest BCUT2D eigenvalue weighted by Gasteiger charge is -2.20. The molecule has 18 heavy (non-hydrogen) atoms. The van der Waals surface area contributed by atoms with Gasteiger partial charge in [-0.2, -0.15) is 0 Å². The maximum absolute atomic E-state index is 11.6. The SMILES string of the molecule is Cc1cc(NC(=O)NC(C)(C)C)ccc1C(=O)O. The number of hydrogen-bond donors (Lipinski definition) is 3. The summed E-state index contributed by atoms with van der Waals surface area (Å²) in [5.41, 5.74) is 1.09. The molecule has 0 aliphatic rings. The van der Waals surface area contributed by atoms with Gasteiger partial charge in [0.2, 0.25) is 0 Å². The summed E-state index contributed by atoms with van der Waals surface area (Å²) in [5.74, 6) is -0.974. The molecule has 1 aromatic rings. The second-order valence-electron chi connectivity index (χ2n) is 5.16. The minimum atomic E-state index is -0.974. The van der Waals surface area contributed by atoms with Crippen molar-refractivity contribution in [2.45, 2.75) is 33.2 Å². The molecule has 0 saturated carbocycles. The van der Waals surface area contributed by atoms with Crippen LogP contribution in [0.5, 0.6) is 0 Å². The minimum Gasteiger partial charge on any atom is -0.478 e. The van der Waals surface area contributed by atoms with E-state index in [1.807, 2.05) is 20.8 Å². The van der Waals surface area contributed by atoms with Gasteiger partial charge in [-0.25, -0.2) is 9.59 Å². The summed E-state index contributed by atoms with van der Waals surface area (Å²) in [6, 6.07) is 4.36. The first-order valence-electron chi connectivity index (χ1n) is 5.62. The molecule has 0 heterocycles. The van der Waals surface area contributed by atoms with Crippen molar-refractivity contribution < 1.29 is 14.7 Å². The molecule has 0 atom stereocenters. The first-order chi connectivity index (χ1) is 8.19. The predicted molar refractivity (Wildman–Crippen MR) is 70.0 cm³/mol. The third-order valence-electron chi connectivity index (χ3n) is 2.20. The molecular formula is C13H18N2O3. The highest BCUT2D eigenvalue weighted by Gasteiger charge is 2.14. The van der Waals surface area contributed by atoms with Gasteiger partial charge in [0.15, 0.2) is 0 Å². The Hall–Kier alpha value is -2.04. The molecule has 0 aromatic heterocycles. The van der Waals surface area contributed by atoms with Crippen LogP contribution in [0.25, 0.3) is 0 Å². The van der Waals surface area contributed by atoms with Gasteiger partial charge in [-0.1, -0.05) is 0 Å². The second-order valence-corrected chi connectivity index (χ2v) is 5.16. The quantitative estimate of drug-likeness (QED) is 0.755. The summed E-state index contributed by atoms with van der Waals surface area (Å²) < 4.78 is 0. The van der Waals surface area contributed by atoms with Gasteiger partial charge in [0.05, 0.1) is 5.56 Å². The number of carboxylic acids is 1. The average molecular weight is 250 g/mol. The fourth-order valence-electron chi connectivity index (χ4n) is 1.48. The maximum Gasteiger partial charge on any atom is 0.335 e. The molecule has 98 valence electrons. The van der Waals surface area contributed by atoms with Crippen LogP contribution >= 0.6 is 0 Å². The Morgan fingerprint density at radius 3 is 2.28 bits per heavy atom. The van der Waals surface area contributed by atoms with Gasteiger partial charge >= 0.3 is 12.0 Å². The normalized spacial score (nSPS) is 10.9. The number of nitrogens with one attached hydrogen (secondary N) is 2. The summed E-state index contributed by atoms with van der Waals surface area (Å²) in [6.45, 7) is 7.33. The Kier molecular flexibility index (Phi) is 3.96. The number of urea groups is 1. The zero-order valence-electron chi connectivity index (χ0n) is 11.0. The fraction of sp³-hybridized carbons (Fsp3) is 0.385. The van der Waals surface area contributed by atoms with Crippen molar-refractivity contribution in [2.24, 2.45) is 0 Å². The second kappa shape index (κ2) is 5.08. The number of carbonyl (C=O) groups excluding carboxylic acids is 1. The number of anilines is 1. The highest BCUT2D eigenvalue weighted by molar-refractivity contribution is 5.93. The zero-order chi connectivity index (χ0) is 13.9. The summed E-state index contributed by atoms with van der Waals surface area (Å²) in [5, 5.41) is 14.3. The molecule has 0 radical (unpaired) electrons. The molecule has 1 rings (SSSR count). The van der Waals surface area contributed by atoms with Gasteiger partial charge in [-0.3, -0.25) is 0 Å². The summed E-state index contributed by atoms with van der Waals surface area (Å²) >= 11 is 0. The minimum absolute atomic E-state index is 0.233. The van der Waals surface area contributed by atoms with E-state index in [-0.39, 0.29) is 17.1 Å². The van der Waals surface area contributed by atoms with Crippen molar-refractivity contribution in [2.75, 3.05) is 5.32 Å². The first kappa shape index (κ1) is 14.0. The van der Waals surface area contributed by atoms with E-state index in [1.54, 1.807) is 19.1 Å². The average Bonchev–Trinajstić information content (AvgIpc) is 2.13. The molecule has 3 N–H and O–H groups in total. The van der Waals surface area contributed by atoms with Crippen LogP contribution in [0.1, 0.15) is 36.7 Å². The molecule has 0 aliphatic carbocycles. The lowest BCUT2D eigenvalue weighted by atomic mass is 10.1. The van der Waals surface area contributed by atoms with E-state index >= 15 is 0 Å². The van der Waals surface area contributed by atoms with E-state index in [1.165, 1.54) is 6.07 Å². The van der Waals surface area contributed by atoms with E-state index < -0.39 is 5.97 Å². The standard InChI is InChI=1S/C13H18N2O3/c1-8-7-9(5-6-10(8)11(16)17)14-12(18)15-13(2,3)4/h5-7H,1-4H3,(H,16,17)(H2,14,15,18). The lowest BCUT2D eigenvalue weighted by Crippen LogP contribution is -2.43. The molecule has 1 aromatic carbocycles. The van der Waals surface area contributed by atoms with Crippen molar-refractivity contribution in [1.29, 1.82) is 0 Å². The van der Waals surface area contributed by atoms with E-state index in [0.717, 1.165) is 0 Å². The third kappa shape index (κ3) is 4.08. The van der Waals surface area contributed by atoms with Gasteiger partial charge < -0.3 is 15.7 Å². The highest BCUT2D eigenvalue weighted by Crippen LogP contribution is 2.15. The van der Waals surface area contributed by atoms with Crippen LogP contribution < -0.4 is 10.6 Å². The van der Waals surface area contributed by atoms with Crippen molar-refractivity contribution in [1.82, 2.24) is 5.32 Å². The summed E-state index contributed by atoms with van der Waals surface area (Å²) in [6.07, 6.45) is 0. The number of carbonyl (C=O) groups is 2. The Morgan fingerprint density at radius 2 is 1.83 bits per heavy atom. The Morgan fingerprint density at radius 1 is 1.22 bits per heavy atom. The van der Waals surface area contributed by atoms with Crippen LogP contribution in [0.15, 0.2) is 18.2 Å². The molecule has 0 unspecified atom stereocenters. The number of amides is 2. The van der Waals surface area contributed by atoms with Crippen molar-refractivity contribution in [3.05, 3.63) is 29.3 Å². The Bertz CT molecular complexity index is 476. The zero-order valence-corrected chi connectivity index (χ0v) is 11.0. The number of aromatic carboxylic acids is 1. The molecule has 5 nitrogen and oxygen atoms in total. The molecular weight excluding hydrogens is 232 g/mol. The monoisotopic (exact) mass is 250 g/mol. The van der Waals surface area contributed by atoms with E-state index in [2.05, 4.69) is 10.6 Å². The Balaban J connectivity index is 2.78. The van der Waals surface area contributed by atoms with E-state index in [0.29, 0.717) is 11.3 Å². The largest absolute Gasteiger partial charge is 0.478 e. The molecule has 0 bridgehead atoms. The molecule has 5 heteroatoms. The third-order valence-corrected chi connectivity index (χ3v) is 2.20. The van der Waals surface area contributed by atoms with Crippen LogP contribution in [0.3, 0.4) is 0 Å². The predicted octanol–water partition coefficient (Wildman–Crippen LogP) is 2.61. The molecule has 0 fully saturated rings. The molecule has 2 amide bonds. The smallest absolute Gasteiger partial charge is 0.335 e.